The number of ether oxygens (including phenoxy) is 1. The van der Waals surface area contributed by atoms with Gasteiger partial charge in [0.25, 0.3) is 5.24 Å². The van der Waals surface area contributed by atoms with Gasteiger partial charge in [0.2, 0.25) is 5.91 Å². The molecule has 5 nitrogen and oxygen atoms in total. The molecule has 0 spiro atoms. The first-order chi connectivity index (χ1) is 11.7. The molecular weight excluding hydrogens is 324 g/mol. The number of amides is 2. The summed E-state index contributed by atoms with van der Waals surface area (Å²) in [5.74, 6) is 0.471. The molecular formula is C18H18N2O3S. The Morgan fingerprint density at radius 1 is 1.17 bits per heavy atom. The summed E-state index contributed by atoms with van der Waals surface area (Å²) in [5, 5.41) is 1.52. The third-order valence-corrected chi connectivity index (χ3v) is 4.83. The van der Waals surface area contributed by atoms with Crippen LogP contribution < -0.4 is 10.1 Å². The fraction of sp³-hybridized carbons (Fsp3) is 0.278. The van der Waals surface area contributed by atoms with Gasteiger partial charge in [0.1, 0.15) is 11.0 Å². The van der Waals surface area contributed by atoms with E-state index in [-0.39, 0.29) is 11.1 Å². The number of hydrogen-bond acceptors (Lipinski definition) is 5. The molecule has 1 atom stereocenters. The van der Waals surface area contributed by atoms with Gasteiger partial charge >= 0.3 is 0 Å². The second-order valence-electron chi connectivity index (χ2n) is 5.45. The van der Waals surface area contributed by atoms with Crippen LogP contribution in [0.25, 0.3) is 0 Å². The van der Waals surface area contributed by atoms with Gasteiger partial charge in [0.05, 0.1) is 6.61 Å². The summed E-state index contributed by atoms with van der Waals surface area (Å²) in [7, 11) is 0. The summed E-state index contributed by atoms with van der Waals surface area (Å²) < 4.78 is 5.72. The van der Waals surface area contributed by atoms with Crippen molar-refractivity contribution in [1.82, 2.24) is 10.3 Å². The van der Waals surface area contributed by atoms with Crippen molar-refractivity contribution in [3.63, 3.8) is 0 Å². The molecule has 1 N–H and O–H groups in total. The lowest BCUT2D eigenvalue weighted by Gasteiger charge is -2.09. The summed E-state index contributed by atoms with van der Waals surface area (Å²) in [6, 6.07) is 11.4. The minimum atomic E-state index is -0.465. The second-order valence-corrected chi connectivity index (χ2v) is 6.53. The van der Waals surface area contributed by atoms with Gasteiger partial charge in [0, 0.05) is 18.3 Å². The monoisotopic (exact) mass is 342 g/mol. The van der Waals surface area contributed by atoms with Crippen molar-refractivity contribution in [1.29, 1.82) is 0 Å². The van der Waals surface area contributed by atoms with Crippen LogP contribution in [0, 0.1) is 0 Å². The molecule has 0 saturated carbocycles. The second kappa shape index (κ2) is 7.49. The quantitative estimate of drug-likeness (QED) is 0.872. The Morgan fingerprint density at radius 2 is 1.96 bits per heavy atom. The summed E-state index contributed by atoms with van der Waals surface area (Å²) in [6.07, 6.45) is 3.62. The molecule has 124 valence electrons. The van der Waals surface area contributed by atoms with Crippen molar-refractivity contribution in [2.24, 2.45) is 0 Å². The van der Waals surface area contributed by atoms with Gasteiger partial charge in [-0.25, -0.2) is 0 Å². The average Bonchev–Trinajstić information content (AvgIpc) is 2.94. The number of carbonyl (C=O) groups excluding carboxylic acids is 2. The van der Waals surface area contributed by atoms with Crippen molar-refractivity contribution in [2.45, 2.75) is 25.0 Å². The van der Waals surface area contributed by atoms with E-state index in [1.165, 1.54) is 5.56 Å². The number of benzene rings is 1. The van der Waals surface area contributed by atoms with Crippen LogP contribution in [0.5, 0.6) is 5.75 Å². The van der Waals surface area contributed by atoms with Gasteiger partial charge in [-0.3, -0.25) is 19.9 Å². The Kier molecular flexibility index (Phi) is 5.15. The van der Waals surface area contributed by atoms with Crippen LogP contribution in [0.1, 0.15) is 29.0 Å². The molecule has 1 aromatic heterocycles. The Labute approximate surface area is 144 Å². The summed E-state index contributed by atoms with van der Waals surface area (Å²) in [4.78, 5) is 27.3. The molecule has 3 rings (SSSR count). The molecule has 1 aromatic carbocycles. The van der Waals surface area contributed by atoms with E-state index in [2.05, 4.69) is 23.3 Å². The molecule has 0 radical (unpaired) electrons. The minimum Gasteiger partial charge on any atom is -0.493 e. The van der Waals surface area contributed by atoms with Gasteiger partial charge < -0.3 is 4.74 Å². The van der Waals surface area contributed by atoms with Crippen LogP contribution in [0.4, 0.5) is 4.79 Å². The largest absolute Gasteiger partial charge is 0.493 e. The molecule has 0 bridgehead atoms. The number of rotatable bonds is 6. The first-order valence-electron chi connectivity index (χ1n) is 7.83. The van der Waals surface area contributed by atoms with Crippen LogP contribution in [0.3, 0.4) is 0 Å². The van der Waals surface area contributed by atoms with Crippen molar-refractivity contribution < 1.29 is 14.3 Å². The molecule has 1 aliphatic heterocycles. The Balaban J connectivity index is 1.52. The highest BCUT2D eigenvalue weighted by atomic mass is 32.2. The number of hydrogen-bond donors (Lipinski definition) is 1. The van der Waals surface area contributed by atoms with E-state index in [1.54, 1.807) is 0 Å². The normalized spacial score (nSPS) is 17.0. The number of carbonyl (C=O) groups is 2. The van der Waals surface area contributed by atoms with Crippen molar-refractivity contribution in [2.75, 3.05) is 6.61 Å². The highest BCUT2D eigenvalue weighted by molar-refractivity contribution is 8.15. The number of aryl methyl sites for hydroxylation is 1. The zero-order chi connectivity index (χ0) is 16.9. The topological polar surface area (TPSA) is 68.3 Å². The Morgan fingerprint density at radius 3 is 2.54 bits per heavy atom. The number of aromatic nitrogens is 1. The van der Waals surface area contributed by atoms with Crippen LogP contribution in [-0.4, -0.2) is 22.7 Å². The summed E-state index contributed by atoms with van der Waals surface area (Å²) >= 11 is 1.00. The predicted octanol–water partition coefficient (Wildman–Crippen LogP) is 3.29. The predicted molar refractivity (Wildman–Crippen MR) is 93.1 cm³/mol. The lowest BCUT2D eigenvalue weighted by atomic mass is 10.1. The molecule has 0 aliphatic carbocycles. The van der Waals surface area contributed by atoms with Gasteiger partial charge in [-0.2, -0.15) is 0 Å². The van der Waals surface area contributed by atoms with Crippen LogP contribution in [-0.2, 0) is 17.6 Å². The van der Waals surface area contributed by atoms with Crippen molar-refractivity contribution >= 4 is 22.9 Å². The fourth-order valence-corrected chi connectivity index (χ4v) is 3.23. The third-order valence-electron chi connectivity index (χ3n) is 3.79. The SMILES string of the molecule is CCc1ccc(CCOc2ccc(C3SC(=O)NC3=O)cc2)nc1. The van der Waals surface area contributed by atoms with Crippen molar-refractivity contribution in [3.05, 3.63) is 59.4 Å². The maximum atomic E-state index is 11.7. The first-order valence-corrected chi connectivity index (χ1v) is 8.71. The zero-order valence-corrected chi connectivity index (χ0v) is 14.1. The summed E-state index contributed by atoms with van der Waals surface area (Å²) in [5.41, 5.74) is 3.02. The summed E-state index contributed by atoms with van der Waals surface area (Å²) in [6.45, 7) is 2.64. The average molecular weight is 342 g/mol. The number of nitrogens with zero attached hydrogens (tertiary/aromatic N) is 1. The molecule has 1 unspecified atom stereocenters. The maximum Gasteiger partial charge on any atom is 0.286 e. The molecule has 2 aromatic rings. The van der Waals surface area contributed by atoms with E-state index in [9.17, 15) is 9.59 Å². The van der Waals surface area contributed by atoms with Crippen molar-refractivity contribution in [3.8, 4) is 5.75 Å². The number of pyridine rings is 1. The molecule has 1 fully saturated rings. The fourth-order valence-electron chi connectivity index (χ4n) is 2.40. The lowest BCUT2D eigenvalue weighted by Crippen LogP contribution is -2.20. The van der Waals surface area contributed by atoms with E-state index < -0.39 is 5.25 Å². The molecule has 1 saturated heterocycles. The van der Waals surface area contributed by atoms with Crippen LogP contribution in [0.2, 0.25) is 0 Å². The van der Waals surface area contributed by atoms with E-state index in [1.807, 2.05) is 36.5 Å². The third kappa shape index (κ3) is 3.94. The Bertz CT molecular complexity index is 729. The first kappa shape index (κ1) is 16.5. The lowest BCUT2D eigenvalue weighted by molar-refractivity contribution is -0.119. The van der Waals surface area contributed by atoms with Gasteiger partial charge in [-0.15, -0.1) is 0 Å². The van der Waals surface area contributed by atoms with E-state index in [0.717, 1.165) is 41.6 Å². The number of nitrogens with one attached hydrogen (secondary N) is 1. The molecule has 1 aliphatic rings. The molecule has 6 heteroatoms. The Hall–Kier alpha value is -2.34. The number of thioether (sulfide) groups is 1. The minimum absolute atomic E-state index is 0.264. The standard InChI is InChI=1S/C18H18N2O3S/c1-2-12-3-6-14(19-11-12)9-10-23-15-7-4-13(5-8-15)16-17(21)20-18(22)24-16/h3-8,11,16H,2,9-10H2,1H3,(H,20,21,22). The van der Waals surface area contributed by atoms with E-state index in [0.29, 0.717) is 6.61 Å². The van der Waals surface area contributed by atoms with Crippen LogP contribution >= 0.6 is 11.8 Å². The molecule has 24 heavy (non-hydrogen) atoms. The highest BCUT2D eigenvalue weighted by Crippen LogP contribution is 2.34. The van der Waals surface area contributed by atoms with Crippen LogP contribution in [0.15, 0.2) is 42.6 Å². The molecule has 2 amide bonds. The van der Waals surface area contributed by atoms with E-state index in [4.69, 9.17) is 4.74 Å². The van der Waals surface area contributed by atoms with Gasteiger partial charge in [-0.1, -0.05) is 25.1 Å². The molecule has 2 heterocycles. The number of imide groups is 1. The zero-order valence-electron chi connectivity index (χ0n) is 13.3. The van der Waals surface area contributed by atoms with Gasteiger partial charge in [-0.05, 0) is 47.5 Å². The smallest absolute Gasteiger partial charge is 0.286 e. The maximum absolute atomic E-state index is 11.7. The van der Waals surface area contributed by atoms with E-state index >= 15 is 0 Å². The van der Waals surface area contributed by atoms with Gasteiger partial charge in [0.15, 0.2) is 0 Å². The highest BCUT2D eigenvalue weighted by Gasteiger charge is 2.32.